The number of allylic oxidation sites excluding steroid dienone is 1. The Bertz CT molecular complexity index is 589. The van der Waals surface area contributed by atoms with Gasteiger partial charge < -0.3 is 14.4 Å². The molecule has 144 valence electrons. The number of aromatic nitrogens is 1. The number of β-amino-alcohol motifs (C(OH)–C–C–N with tert-alkyl or cyclic N) is 1. The first-order valence-corrected chi connectivity index (χ1v) is 9.63. The highest BCUT2D eigenvalue weighted by molar-refractivity contribution is 5.92. The van der Waals surface area contributed by atoms with Crippen molar-refractivity contribution < 1.29 is 14.3 Å². The Morgan fingerprint density at radius 2 is 1.92 bits per heavy atom. The minimum atomic E-state index is -0.287. The highest BCUT2D eigenvalue weighted by Gasteiger charge is 2.24. The Morgan fingerprint density at radius 1 is 1.23 bits per heavy atom. The van der Waals surface area contributed by atoms with Gasteiger partial charge >= 0.3 is 0 Å². The fourth-order valence-corrected chi connectivity index (χ4v) is 3.58. The monoisotopic (exact) mass is 362 g/mol. The summed E-state index contributed by atoms with van der Waals surface area (Å²) in [5.74, 6) is 0.586. The molecule has 2 aliphatic heterocycles. The van der Waals surface area contributed by atoms with Gasteiger partial charge in [0.1, 0.15) is 6.26 Å². The second-order valence-electron chi connectivity index (χ2n) is 7.22. The summed E-state index contributed by atoms with van der Waals surface area (Å²) in [6, 6.07) is 0. The van der Waals surface area contributed by atoms with Crippen LogP contribution in [-0.2, 0) is 6.54 Å². The molecular weight excluding hydrogens is 332 g/mol. The summed E-state index contributed by atoms with van der Waals surface area (Å²) in [5.41, 5.74) is 0.422. The van der Waals surface area contributed by atoms with Gasteiger partial charge in [0.25, 0.3) is 5.91 Å². The summed E-state index contributed by atoms with van der Waals surface area (Å²) in [6.45, 7) is 10.3. The predicted molar refractivity (Wildman–Crippen MR) is 98.8 cm³/mol. The highest BCUT2D eigenvalue weighted by atomic mass is 16.3. The summed E-state index contributed by atoms with van der Waals surface area (Å²) in [4.78, 5) is 23.1. The minimum Gasteiger partial charge on any atom is -0.447 e. The molecule has 1 aromatic heterocycles. The first-order chi connectivity index (χ1) is 12.7. The number of rotatable bonds is 8. The molecule has 1 N–H and O–H groups in total. The Hall–Kier alpha value is -1.70. The van der Waals surface area contributed by atoms with E-state index in [1.807, 2.05) is 11.0 Å². The molecule has 1 amide bonds. The Labute approximate surface area is 155 Å². The summed E-state index contributed by atoms with van der Waals surface area (Å²) in [6.07, 6.45) is 6.82. The molecule has 7 heteroatoms. The number of carbonyl (C=O) groups is 1. The summed E-state index contributed by atoms with van der Waals surface area (Å²) < 4.78 is 5.52. The first-order valence-electron chi connectivity index (χ1n) is 9.63. The maximum absolute atomic E-state index is 12.3. The quantitative estimate of drug-likeness (QED) is 0.704. The summed E-state index contributed by atoms with van der Waals surface area (Å²) in [7, 11) is 0. The number of hydrogen-bond donors (Lipinski definition) is 1. The van der Waals surface area contributed by atoms with Crippen LogP contribution in [0.15, 0.2) is 23.3 Å². The van der Waals surface area contributed by atoms with E-state index in [2.05, 4.69) is 21.4 Å². The van der Waals surface area contributed by atoms with Gasteiger partial charge in [0.05, 0.1) is 12.6 Å². The van der Waals surface area contributed by atoms with E-state index in [1.165, 1.54) is 6.26 Å². The third-order valence-electron chi connectivity index (χ3n) is 5.16. The zero-order valence-electron chi connectivity index (χ0n) is 15.5. The molecule has 0 bridgehead atoms. The number of oxazole rings is 1. The Kier molecular flexibility index (Phi) is 6.82. The molecule has 2 aliphatic rings. The van der Waals surface area contributed by atoms with E-state index in [9.17, 15) is 9.90 Å². The molecule has 0 saturated carbocycles. The third kappa shape index (κ3) is 5.16. The Morgan fingerprint density at radius 3 is 2.62 bits per heavy atom. The van der Waals surface area contributed by atoms with E-state index in [1.54, 1.807) is 0 Å². The van der Waals surface area contributed by atoms with E-state index in [0.29, 0.717) is 18.1 Å². The van der Waals surface area contributed by atoms with Crippen LogP contribution in [0.1, 0.15) is 42.1 Å². The molecule has 2 saturated heterocycles. The predicted octanol–water partition coefficient (Wildman–Crippen LogP) is 1.36. The number of aliphatic hydroxyl groups is 1. The maximum atomic E-state index is 12.3. The van der Waals surface area contributed by atoms with Crippen molar-refractivity contribution >= 4 is 5.91 Å². The number of piperazine rings is 1. The van der Waals surface area contributed by atoms with Crippen LogP contribution in [0.3, 0.4) is 0 Å². The van der Waals surface area contributed by atoms with Crippen molar-refractivity contribution in [2.75, 3.05) is 45.8 Å². The van der Waals surface area contributed by atoms with E-state index >= 15 is 0 Å². The molecular formula is C19H30N4O3. The second-order valence-corrected chi connectivity index (χ2v) is 7.22. The van der Waals surface area contributed by atoms with Crippen molar-refractivity contribution in [3.63, 3.8) is 0 Å². The zero-order chi connectivity index (χ0) is 18.4. The van der Waals surface area contributed by atoms with Crippen LogP contribution >= 0.6 is 0 Å². The topological polar surface area (TPSA) is 73.1 Å². The smallest absolute Gasteiger partial charge is 0.275 e. The van der Waals surface area contributed by atoms with Crippen molar-refractivity contribution in [1.82, 2.24) is 19.7 Å². The fourth-order valence-electron chi connectivity index (χ4n) is 3.58. The van der Waals surface area contributed by atoms with Gasteiger partial charge in [0.15, 0.2) is 5.69 Å². The van der Waals surface area contributed by atoms with Crippen LogP contribution in [0.25, 0.3) is 0 Å². The van der Waals surface area contributed by atoms with E-state index in [-0.39, 0.29) is 12.0 Å². The second kappa shape index (κ2) is 9.30. The van der Waals surface area contributed by atoms with Gasteiger partial charge in [-0.3, -0.25) is 14.6 Å². The van der Waals surface area contributed by atoms with Gasteiger partial charge in [-0.15, -0.1) is 6.58 Å². The molecule has 26 heavy (non-hydrogen) atoms. The molecule has 2 fully saturated rings. The lowest BCUT2D eigenvalue weighted by molar-refractivity contribution is 0.0642. The van der Waals surface area contributed by atoms with Gasteiger partial charge in [-0.25, -0.2) is 4.98 Å². The van der Waals surface area contributed by atoms with Crippen molar-refractivity contribution in [2.45, 2.75) is 38.3 Å². The summed E-state index contributed by atoms with van der Waals surface area (Å²) in [5, 5.41) is 10.0. The molecule has 1 atom stereocenters. The van der Waals surface area contributed by atoms with Gasteiger partial charge in [-0.1, -0.05) is 6.08 Å². The fraction of sp³-hybridized carbons (Fsp3) is 0.684. The first kappa shape index (κ1) is 19.1. The molecule has 0 spiro atoms. The van der Waals surface area contributed by atoms with Crippen molar-refractivity contribution in [2.24, 2.45) is 0 Å². The van der Waals surface area contributed by atoms with Crippen LogP contribution in [0.4, 0.5) is 0 Å². The molecule has 0 aromatic carbocycles. The summed E-state index contributed by atoms with van der Waals surface area (Å²) >= 11 is 0. The lowest BCUT2D eigenvalue weighted by Crippen LogP contribution is -2.48. The van der Waals surface area contributed by atoms with E-state index < -0.39 is 0 Å². The van der Waals surface area contributed by atoms with Gasteiger partial charge in [-0.05, 0) is 25.7 Å². The normalized spacial score (nSPS) is 20.4. The number of aliphatic hydroxyl groups excluding tert-OH is 1. The van der Waals surface area contributed by atoms with Crippen molar-refractivity contribution in [3.8, 4) is 0 Å². The van der Waals surface area contributed by atoms with Crippen LogP contribution in [0.2, 0.25) is 0 Å². The number of likely N-dealkylation sites (tertiary alicyclic amines) is 1. The average molecular weight is 362 g/mol. The van der Waals surface area contributed by atoms with Crippen LogP contribution in [-0.4, -0.2) is 82.6 Å². The molecule has 1 aromatic rings. The van der Waals surface area contributed by atoms with Crippen LogP contribution in [0.5, 0.6) is 0 Å². The minimum absolute atomic E-state index is 0.0177. The SMILES string of the molecule is C=CCC[C@H](O)CN1CCN(Cc2nc(C(=O)N3CCCC3)co2)CC1. The average Bonchev–Trinajstić information content (AvgIpc) is 3.33. The van der Waals surface area contributed by atoms with E-state index in [0.717, 1.165) is 71.5 Å². The van der Waals surface area contributed by atoms with Gasteiger partial charge in [0, 0.05) is 45.8 Å². The lowest BCUT2D eigenvalue weighted by Gasteiger charge is -2.34. The largest absolute Gasteiger partial charge is 0.447 e. The van der Waals surface area contributed by atoms with Crippen LogP contribution < -0.4 is 0 Å². The highest BCUT2D eigenvalue weighted by Crippen LogP contribution is 2.14. The number of carbonyl (C=O) groups excluding carboxylic acids is 1. The van der Waals surface area contributed by atoms with Gasteiger partial charge in [0.2, 0.25) is 5.89 Å². The van der Waals surface area contributed by atoms with Crippen LogP contribution in [0, 0.1) is 0 Å². The molecule has 0 unspecified atom stereocenters. The van der Waals surface area contributed by atoms with Gasteiger partial charge in [-0.2, -0.15) is 0 Å². The van der Waals surface area contributed by atoms with Crippen molar-refractivity contribution in [1.29, 1.82) is 0 Å². The number of nitrogens with zero attached hydrogens (tertiary/aromatic N) is 4. The third-order valence-corrected chi connectivity index (χ3v) is 5.16. The number of amides is 1. The molecule has 7 nitrogen and oxygen atoms in total. The maximum Gasteiger partial charge on any atom is 0.275 e. The Balaban J connectivity index is 1.42. The van der Waals surface area contributed by atoms with Crippen molar-refractivity contribution in [3.05, 3.63) is 30.5 Å². The lowest BCUT2D eigenvalue weighted by atomic mass is 10.1. The molecule has 0 radical (unpaired) electrons. The molecule has 3 rings (SSSR count). The van der Waals surface area contributed by atoms with E-state index in [4.69, 9.17) is 4.42 Å². The number of hydrogen-bond acceptors (Lipinski definition) is 6. The zero-order valence-corrected chi connectivity index (χ0v) is 15.5. The standard InChI is InChI=1S/C19H30N4O3/c1-2-3-6-16(24)13-21-9-11-22(12-10-21)14-18-20-17(15-26-18)19(25)23-7-4-5-8-23/h2,15-16,24H,1,3-14H2/t16-/m0/s1. The molecule has 3 heterocycles. The molecule has 0 aliphatic carbocycles.